The molecule has 0 atom stereocenters. The predicted molar refractivity (Wildman–Crippen MR) is 182 cm³/mol. The zero-order valence-electron chi connectivity index (χ0n) is 26.5. The number of aromatic nitrogens is 2. The Hall–Kier alpha value is -5.56. The Kier molecular flexibility index (Phi) is 10.6. The van der Waals surface area contributed by atoms with Gasteiger partial charge in [0.2, 0.25) is 11.6 Å². The molecule has 0 saturated carbocycles. The SMILES string of the molecule is COc1cc2c(cc1OC)N(CCS(=O)(=O)O)C(=CC=c1s/c(=c3/s/c(=C4/OC(=S)N(CC(=O)O)C4=O)n(CC(=O)O)c3=O)n(CC(=O)O)c1=O)O2. The van der Waals surface area contributed by atoms with Crippen LogP contribution in [0.1, 0.15) is 0 Å². The van der Waals surface area contributed by atoms with Crippen molar-refractivity contribution in [1.29, 1.82) is 0 Å². The lowest BCUT2D eigenvalue weighted by Crippen LogP contribution is -2.35. The summed E-state index contributed by atoms with van der Waals surface area (Å²) in [4.78, 5) is 77.1. The number of carboxylic acids is 3. The molecule has 4 N–H and O–H groups in total. The number of carbonyl (C=O) groups excluding carboxylic acids is 1. The number of methoxy groups -OCH3 is 2. The van der Waals surface area contributed by atoms with Crippen LogP contribution in [0.15, 0.2) is 33.7 Å². The van der Waals surface area contributed by atoms with Gasteiger partial charge in [-0.2, -0.15) is 8.42 Å². The monoisotopic (exact) mass is 800 g/mol. The first kappa shape index (κ1) is 37.7. The van der Waals surface area contributed by atoms with E-state index in [0.717, 1.165) is 4.57 Å². The number of benzene rings is 1. The van der Waals surface area contributed by atoms with Gasteiger partial charge >= 0.3 is 23.8 Å². The molecule has 3 aromatic rings. The van der Waals surface area contributed by atoms with Crippen LogP contribution in [0.5, 0.6) is 17.2 Å². The lowest BCUT2D eigenvalue weighted by atomic mass is 10.2. The highest BCUT2D eigenvalue weighted by atomic mass is 32.2. The van der Waals surface area contributed by atoms with E-state index in [0.29, 0.717) is 37.8 Å². The second-order valence-electron chi connectivity index (χ2n) is 10.4. The topological polar surface area (TPSA) is 271 Å². The number of nitrogens with zero attached hydrogens (tertiary/aromatic N) is 4. The lowest BCUT2D eigenvalue weighted by molar-refractivity contribution is -0.140. The molecule has 1 fully saturated rings. The van der Waals surface area contributed by atoms with E-state index in [-0.39, 0.29) is 43.4 Å². The summed E-state index contributed by atoms with van der Waals surface area (Å²) in [6.45, 7) is -3.19. The van der Waals surface area contributed by atoms with Crippen molar-refractivity contribution >= 4 is 91.5 Å². The molecule has 276 valence electrons. The Morgan fingerprint density at radius 2 is 1.44 bits per heavy atom. The van der Waals surface area contributed by atoms with Gasteiger partial charge in [-0.1, -0.05) is 0 Å². The Morgan fingerprint density at radius 3 is 2.02 bits per heavy atom. The first-order chi connectivity index (χ1) is 24.4. The molecule has 0 spiro atoms. The maximum atomic E-state index is 13.7. The Bertz CT molecular complexity index is 2550. The fourth-order valence-corrected chi connectivity index (χ4v) is 7.85. The van der Waals surface area contributed by atoms with Gasteiger partial charge in [0.1, 0.15) is 33.5 Å². The molecule has 20 nitrogen and oxygen atoms in total. The number of hydrogen-bond donors (Lipinski definition) is 4. The van der Waals surface area contributed by atoms with Crippen molar-refractivity contribution < 1.29 is 66.4 Å². The minimum Gasteiger partial charge on any atom is -0.493 e. The number of anilines is 1. The van der Waals surface area contributed by atoms with Crippen molar-refractivity contribution in [3.8, 4) is 17.2 Å². The number of carbonyl (C=O) groups is 4. The average molecular weight is 801 g/mol. The third-order valence-electron chi connectivity index (χ3n) is 7.10. The van der Waals surface area contributed by atoms with Crippen molar-refractivity contribution in [2.75, 3.05) is 38.0 Å². The number of rotatable bonds is 12. The van der Waals surface area contributed by atoms with Crippen molar-refractivity contribution in [2.45, 2.75) is 13.1 Å². The first-order valence-electron chi connectivity index (χ1n) is 14.2. The first-order valence-corrected chi connectivity index (χ1v) is 17.8. The van der Waals surface area contributed by atoms with Gasteiger partial charge in [0.05, 0.1) is 30.2 Å². The predicted octanol–water partition coefficient (Wildman–Crippen LogP) is -1.65. The summed E-state index contributed by atoms with van der Waals surface area (Å²) in [5, 5.41) is 27.7. The maximum absolute atomic E-state index is 13.7. The average Bonchev–Trinajstić information content (AvgIpc) is 3.75. The number of amides is 1. The van der Waals surface area contributed by atoms with E-state index in [1.807, 2.05) is 0 Å². The molecule has 2 aliphatic rings. The normalized spacial score (nSPS) is 17.0. The van der Waals surface area contributed by atoms with Crippen LogP contribution < -0.4 is 39.4 Å². The second kappa shape index (κ2) is 14.6. The number of thiazole rings is 2. The summed E-state index contributed by atoms with van der Waals surface area (Å²) in [6, 6.07) is 2.95. The van der Waals surface area contributed by atoms with E-state index >= 15 is 0 Å². The number of fused-ring (bicyclic) bond motifs is 1. The van der Waals surface area contributed by atoms with Gasteiger partial charge in [-0.05, 0) is 18.3 Å². The fraction of sp³-hybridized carbons (Fsp3) is 0.250. The molecule has 4 heterocycles. The number of carboxylic acid groups (broad SMARTS) is 3. The summed E-state index contributed by atoms with van der Waals surface area (Å²) >= 11 is 6.05. The smallest absolute Gasteiger partial charge is 0.323 e. The zero-order valence-corrected chi connectivity index (χ0v) is 29.7. The molecule has 0 radical (unpaired) electrons. The number of ether oxygens (including phenoxy) is 4. The summed E-state index contributed by atoms with van der Waals surface area (Å²) in [6.07, 6.45) is 2.46. The van der Waals surface area contributed by atoms with Gasteiger partial charge < -0.3 is 39.2 Å². The number of aliphatic carboxylic acids is 3. The molecule has 24 heteroatoms. The Morgan fingerprint density at radius 1 is 0.846 bits per heavy atom. The molecule has 0 aliphatic carbocycles. The van der Waals surface area contributed by atoms with Crippen molar-refractivity contribution in [3.63, 3.8) is 0 Å². The summed E-state index contributed by atoms with van der Waals surface area (Å²) in [5.74, 6) is -6.25. The van der Waals surface area contributed by atoms with E-state index in [1.165, 1.54) is 43.4 Å². The Labute approximate surface area is 302 Å². The highest BCUT2D eigenvalue weighted by molar-refractivity contribution is 7.85. The minimum absolute atomic E-state index is 0.0366. The van der Waals surface area contributed by atoms with Crippen LogP contribution in [0.3, 0.4) is 0 Å². The molecule has 52 heavy (non-hydrogen) atoms. The van der Waals surface area contributed by atoms with Crippen molar-refractivity contribution in [2.24, 2.45) is 0 Å². The minimum atomic E-state index is -4.45. The van der Waals surface area contributed by atoms with Crippen LogP contribution in [-0.2, 0) is 47.1 Å². The van der Waals surface area contributed by atoms with Gasteiger partial charge in [-0.3, -0.25) is 47.4 Å². The molecule has 5 rings (SSSR count). The molecule has 0 unspecified atom stereocenters. The summed E-state index contributed by atoms with van der Waals surface area (Å²) < 4.78 is 54.6. The van der Waals surface area contributed by atoms with E-state index in [9.17, 15) is 52.0 Å². The molecule has 0 bridgehead atoms. The second-order valence-corrected chi connectivity index (χ2v) is 14.4. The van der Waals surface area contributed by atoms with Gasteiger partial charge in [-0.25, -0.2) is 0 Å². The third-order valence-corrected chi connectivity index (χ3v) is 10.5. The summed E-state index contributed by atoms with van der Waals surface area (Å²) in [5.41, 5.74) is -1.65. The molecule has 1 aromatic carbocycles. The van der Waals surface area contributed by atoms with E-state index in [2.05, 4.69) is 0 Å². The summed E-state index contributed by atoms with van der Waals surface area (Å²) in [7, 11) is -1.70. The molecule has 2 aliphatic heterocycles. The van der Waals surface area contributed by atoms with Crippen LogP contribution in [-0.4, -0.2) is 104 Å². The Balaban J connectivity index is 1.76. The fourth-order valence-electron chi connectivity index (χ4n) is 4.91. The van der Waals surface area contributed by atoms with Crippen LogP contribution in [0, 0.1) is 9.20 Å². The maximum Gasteiger partial charge on any atom is 0.323 e. The number of thiocarbonyl (C=S) groups is 1. The molecular formula is C28H24N4O16S4. The van der Waals surface area contributed by atoms with E-state index in [1.54, 1.807) is 0 Å². The van der Waals surface area contributed by atoms with Gasteiger partial charge in [0, 0.05) is 24.8 Å². The highest BCUT2D eigenvalue weighted by Crippen LogP contribution is 2.45. The van der Waals surface area contributed by atoms with Crippen LogP contribution in [0.4, 0.5) is 5.69 Å². The van der Waals surface area contributed by atoms with Gasteiger partial charge in [-0.15, -0.1) is 22.7 Å². The molecule has 2 aromatic heterocycles. The quantitative estimate of drug-likeness (QED) is 0.118. The van der Waals surface area contributed by atoms with Crippen LogP contribution in [0.25, 0.3) is 11.8 Å². The molecule has 1 saturated heterocycles. The standard InChI is InChI=1S/C28H24N4O16S4/c1-45-14-7-12-13(8-15(14)46-2)47-17(29(12)5-6-52(42,43)44)4-3-16-23(39)30(9-18(33)34)27(50-16)22-25(41)31(10-19(35)36)26(51-22)21-24(40)32(11-20(37)38)28(49)48-21/h3-4,7-8H,5-6,9-11H2,1-2H3,(H,33,34)(H,35,36)(H,37,38)(H,42,43,44)/b16-3?,17-4?,26-21+,27-22+. The lowest BCUT2D eigenvalue weighted by Gasteiger charge is -2.18. The number of allylic oxidation sites excluding steroid dienone is 1. The van der Waals surface area contributed by atoms with Gasteiger partial charge in [0.15, 0.2) is 17.2 Å². The van der Waals surface area contributed by atoms with Crippen LogP contribution >= 0.6 is 34.9 Å². The highest BCUT2D eigenvalue weighted by Gasteiger charge is 2.37. The number of hydrogen-bond acceptors (Lipinski definition) is 16. The van der Waals surface area contributed by atoms with E-state index < -0.39 is 86.0 Å². The molecule has 1 amide bonds. The largest absolute Gasteiger partial charge is 0.493 e. The van der Waals surface area contributed by atoms with Gasteiger partial charge in [0.25, 0.3) is 26.4 Å². The van der Waals surface area contributed by atoms with E-state index in [4.69, 9.17) is 36.3 Å². The van der Waals surface area contributed by atoms with Crippen LogP contribution in [0.2, 0.25) is 0 Å². The van der Waals surface area contributed by atoms with Crippen molar-refractivity contribution in [3.05, 3.63) is 63.2 Å². The zero-order chi connectivity index (χ0) is 38.2. The van der Waals surface area contributed by atoms with Crippen molar-refractivity contribution in [1.82, 2.24) is 14.0 Å². The molecular weight excluding hydrogens is 777 g/mol. The third kappa shape index (κ3) is 7.54.